The van der Waals surface area contributed by atoms with Gasteiger partial charge in [0.1, 0.15) is 11.6 Å². The number of ether oxygens (including phenoxy) is 1. The highest BCUT2D eigenvalue weighted by molar-refractivity contribution is 5.79. The van der Waals surface area contributed by atoms with E-state index in [9.17, 15) is 14.0 Å². The molecule has 1 aromatic carbocycles. The highest BCUT2D eigenvalue weighted by Crippen LogP contribution is 2.12. The molecule has 7 heteroatoms. The Bertz CT molecular complexity index is 572. The average molecular weight is 365 g/mol. The number of nitrogens with zero attached hydrogens (tertiary/aromatic N) is 2. The van der Waals surface area contributed by atoms with Crippen LogP contribution in [0, 0.1) is 5.82 Å². The third-order valence-electron chi connectivity index (χ3n) is 4.51. The van der Waals surface area contributed by atoms with Crippen LogP contribution in [0.5, 0.6) is 5.75 Å². The van der Waals surface area contributed by atoms with E-state index in [1.807, 2.05) is 4.90 Å². The second-order valence-electron chi connectivity index (χ2n) is 6.46. The average Bonchev–Trinajstić information content (AvgIpc) is 2.67. The molecular formula is C19H28FN3O3. The molecule has 2 N–H and O–H groups in total. The SMILES string of the molecule is NCCCCCCC(=O)N1CCN(C(=O)COc2ccc(F)cc2)CC1. The van der Waals surface area contributed by atoms with Gasteiger partial charge in [-0.15, -0.1) is 0 Å². The van der Waals surface area contributed by atoms with Gasteiger partial charge in [-0.05, 0) is 43.7 Å². The maximum absolute atomic E-state index is 12.8. The second kappa shape index (κ2) is 10.8. The van der Waals surface area contributed by atoms with Gasteiger partial charge in [0.25, 0.3) is 5.91 Å². The summed E-state index contributed by atoms with van der Waals surface area (Å²) >= 11 is 0. The molecule has 2 rings (SSSR count). The van der Waals surface area contributed by atoms with Crippen molar-refractivity contribution in [2.75, 3.05) is 39.3 Å². The van der Waals surface area contributed by atoms with Crippen molar-refractivity contribution in [3.05, 3.63) is 30.1 Å². The number of piperazine rings is 1. The Labute approximate surface area is 154 Å². The number of benzene rings is 1. The fourth-order valence-corrected chi connectivity index (χ4v) is 2.90. The minimum Gasteiger partial charge on any atom is -0.484 e. The predicted octanol–water partition coefficient (Wildman–Crippen LogP) is 1.78. The van der Waals surface area contributed by atoms with Crippen LogP contribution >= 0.6 is 0 Å². The number of nitrogens with two attached hydrogens (primary N) is 1. The highest BCUT2D eigenvalue weighted by atomic mass is 19.1. The van der Waals surface area contributed by atoms with E-state index in [4.69, 9.17) is 10.5 Å². The van der Waals surface area contributed by atoms with Gasteiger partial charge >= 0.3 is 0 Å². The van der Waals surface area contributed by atoms with E-state index in [0.717, 1.165) is 25.7 Å². The van der Waals surface area contributed by atoms with E-state index in [-0.39, 0.29) is 24.2 Å². The maximum atomic E-state index is 12.8. The summed E-state index contributed by atoms with van der Waals surface area (Å²) in [5.74, 6) is 0.155. The van der Waals surface area contributed by atoms with E-state index in [2.05, 4.69) is 0 Å². The summed E-state index contributed by atoms with van der Waals surface area (Å²) in [6, 6.07) is 5.57. The maximum Gasteiger partial charge on any atom is 0.260 e. The topological polar surface area (TPSA) is 75.9 Å². The molecule has 1 aliphatic heterocycles. The van der Waals surface area contributed by atoms with Crippen LogP contribution < -0.4 is 10.5 Å². The van der Waals surface area contributed by atoms with Gasteiger partial charge in [0.2, 0.25) is 5.91 Å². The van der Waals surface area contributed by atoms with Gasteiger partial charge in [0.05, 0.1) is 0 Å². The molecule has 26 heavy (non-hydrogen) atoms. The van der Waals surface area contributed by atoms with Crippen molar-refractivity contribution >= 4 is 11.8 Å². The van der Waals surface area contributed by atoms with Gasteiger partial charge < -0.3 is 20.3 Å². The van der Waals surface area contributed by atoms with Crippen molar-refractivity contribution in [1.29, 1.82) is 0 Å². The third-order valence-corrected chi connectivity index (χ3v) is 4.51. The number of unbranched alkanes of at least 4 members (excludes halogenated alkanes) is 3. The zero-order valence-electron chi connectivity index (χ0n) is 15.2. The highest BCUT2D eigenvalue weighted by Gasteiger charge is 2.23. The molecule has 6 nitrogen and oxygen atoms in total. The normalized spacial score (nSPS) is 14.4. The summed E-state index contributed by atoms with van der Waals surface area (Å²) in [4.78, 5) is 27.9. The van der Waals surface area contributed by atoms with E-state index in [1.54, 1.807) is 4.90 Å². The molecule has 0 aromatic heterocycles. The minimum absolute atomic E-state index is 0.0826. The summed E-state index contributed by atoms with van der Waals surface area (Å²) in [6.07, 6.45) is 4.56. The molecule has 1 saturated heterocycles. The third kappa shape index (κ3) is 6.63. The summed E-state index contributed by atoms with van der Waals surface area (Å²) in [5.41, 5.74) is 5.45. The number of rotatable bonds is 9. The molecule has 0 saturated carbocycles. The van der Waals surface area contributed by atoms with Gasteiger partial charge in [0.15, 0.2) is 6.61 Å². The van der Waals surface area contributed by atoms with Crippen molar-refractivity contribution in [3.8, 4) is 5.75 Å². The summed E-state index contributed by atoms with van der Waals surface area (Å²) in [7, 11) is 0. The Hall–Kier alpha value is -2.15. The van der Waals surface area contributed by atoms with E-state index >= 15 is 0 Å². The number of hydrogen-bond donors (Lipinski definition) is 1. The first kappa shape index (κ1) is 20.2. The first-order valence-corrected chi connectivity index (χ1v) is 9.24. The van der Waals surface area contributed by atoms with Crippen LogP contribution in [0.1, 0.15) is 32.1 Å². The molecule has 2 amide bonds. The summed E-state index contributed by atoms with van der Waals surface area (Å²) in [6.45, 7) is 2.78. The predicted molar refractivity (Wildman–Crippen MR) is 97.2 cm³/mol. The molecule has 0 atom stereocenters. The number of hydrogen-bond acceptors (Lipinski definition) is 4. The lowest BCUT2D eigenvalue weighted by molar-refractivity contribution is -0.140. The largest absolute Gasteiger partial charge is 0.484 e. The van der Waals surface area contributed by atoms with Crippen molar-refractivity contribution in [1.82, 2.24) is 9.80 Å². The van der Waals surface area contributed by atoms with Crippen LogP contribution in [0.3, 0.4) is 0 Å². The van der Waals surface area contributed by atoms with Gasteiger partial charge in [-0.3, -0.25) is 9.59 Å². The van der Waals surface area contributed by atoms with Crippen molar-refractivity contribution in [3.63, 3.8) is 0 Å². The minimum atomic E-state index is -0.344. The number of carbonyl (C=O) groups is 2. The first-order chi connectivity index (χ1) is 12.6. The van der Waals surface area contributed by atoms with Crippen molar-refractivity contribution < 1.29 is 18.7 Å². The second-order valence-corrected chi connectivity index (χ2v) is 6.46. The summed E-state index contributed by atoms with van der Waals surface area (Å²) < 4.78 is 18.2. The van der Waals surface area contributed by atoms with Gasteiger partial charge in [0, 0.05) is 32.6 Å². The van der Waals surface area contributed by atoms with Crippen molar-refractivity contribution in [2.45, 2.75) is 32.1 Å². The zero-order chi connectivity index (χ0) is 18.8. The van der Waals surface area contributed by atoms with E-state index in [0.29, 0.717) is 44.9 Å². The molecule has 1 aromatic rings. The van der Waals surface area contributed by atoms with Crippen molar-refractivity contribution in [2.24, 2.45) is 5.73 Å². The molecule has 0 unspecified atom stereocenters. The fraction of sp³-hybridized carbons (Fsp3) is 0.579. The monoisotopic (exact) mass is 365 g/mol. The van der Waals surface area contributed by atoms with Gasteiger partial charge in [-0.25, -0.2) is 4.39 Å². The van der Waals surface area contributed by atoms with Crippen LogP contribution in [0.4, 0.5) is 4.39 Å². The Kier molecular flexibility index (Phi) is 8.34. The molecule has 0 aliphatic carbocycles. The Morgan fingerprint density at radius 2 is 1.50 bits per heavy atom. The quantitative estimate of drug-likeness (QED) is 0.677. The fourth-order valence-electron chi connectivity index (χ4n) is 2.90. The molecular weight excluding hydrogens is 337 g/mol. The lowest BCUT2D eigenvalue weighted by Gasteiger charge is -2.34. The smallest absolute Gasteiger partial charge is 0.260 e. The lowest BCUT2D eigenvalue weighted by Crippen LogP contribution is -2.51. The van der Waals surface area contributed by atoms with E-state index in [1.165, 1.54) is 24.3 Å². The van der Waals surface area contributed by atoms with Gasteiger partial charge in [-0.2, -0.15) is 0 Å². The molecule has 0 radical (unpaired) electrons. The molecule has 1 aliphatic rings. The Morgan fingerprint density at radius 1 is 0.923 bits per heavy atom. The van der Waals surface area contributed by atoms with Crippen LogP contribution in [0.2, 0.25) is 0 Å². The van der Waals surface area contributed by atoms with Gasteiger partial charge in [-0.1, -0.05) is 12.8 Å². The molecule has 1 fully saturated rings. The number of carbonyl (C=O) groups excluding carboxylic acids is 2. The Balaban J connectivity index is 1.64. The number of amides is 2. The van der Waals surface area contributed by atoms with Crippen LogP contribution in [-0.2, 0) is 9.59 Å². The zero-order valence-corrected chi connectivity index (χ0v) is 15.2. The number of halogens is 1. The van der Waals surface area contributed by atoms with Crippen LogP contribution in [-0.4, -0.2) is 60.9 Å². The lowest BCUT2D eigenvalue weighted by atomic mass is 10.1. The standard InChI is InChI=1S/C19H28FN3O3/c20-16-6-8-17(9-7-16)26-15-19(25)23-13-11-22(12-14-23)18(24)5-3-1-2-4-10-21/h6-9H,1-5,10-15,21H2. The first-order valence-electron chi connectivity index (χ1n) is 9.24. The molecule has 0 bridgehead atoms. The Morgan fingerprint density at radius 3 is 2.12 bits per heavy atom. The van der Waals surface area contributed by atoms with Crippen LogP contribution in [0.15, 0.2) is 24.3 Å². The van der Waals surface area contributed by atoms with Crippen LogP contribution in [0.25, 0.3) is 0 Å². The summed E-state index contributed by atoms with van der Waals surface area (Å²) in [5, 5.41) is 0. The molecule has 0 spiro atoms. The molecule has 1 heterocycles. The van der Waals surface area contributed by atoms with E-state index < -0.39 is 0 Å². The molecule has 144 valence electrons.